The summed E-state index contributed by atoms with van der Waals surface area (Å²) >= 11 is 0. The molecule has 1 aliphatic carbocycles. The third kappa shape index (κ3) is 0.955. The lowest BCUT2D eigenvalue weighted by molar-refractivity contribution is 1.45. The standard InChI is InChI=1S/C9H8P/c1-2-4-8(3-1)9-5-6-10-7-9/h1-3,5-6,10H,4H2. The van der Waals surface area contributed by atoms with Crippen LogP contribution in [0.1, 0.15) is 12.0 Å². The van der Waals surface area contributed by atoms with Crippen LogP contribution in [0.3, 0.4) is 0 Å². The Morgan fingerprint density at radius 1 is 1.50 bits per heavy atom. The van der Waals surface area contributed by atoms with Crippen LogP contribution in [0.25, 0.3) is 5.57 Å². The van der Waals surface area contributed by atoms with Crippen molar-refractivity contribution in [3.63, 3.8) is 0 Å². The second-order valence-corrected chi connectivity index (χ2v) is 3.21. The van der Waals surface area contributed by atoms with Crippen molar-refractivity contribution in [1.29, 1.82) is 0 Å². The summed E-state index contributed by atoms with van der Waals surface area (Å²) in [6.07, 6.45) is 7.55. The maximum absolute atomic E-state index is 3.32. The van der Waals surface area contributed by atoms with E-state index in [1.54, 1.807) is 0 Å². The molecule has 1 aromatic rings. The van der Waals surface area contributed by atoms with E-state index in [0.717, 1.165) is 14.6 Å². The van der Waals surface area contributed by atoms with Crippen LogP contribution in [0.15, 0.2) is 30.1 Å². The van der Waals surface area contributed by atoms with Gasteiger partial charge in [-0.1, -0.05) is 18.2 Å². The monoisotopic (exact) mass is 147 g/mol. The average molecular weight is 147 g/mol. The van der Waals surface area contributed by atoms with Gasteiger partial charge in [0.15, 0.2) is 0 Å². The second-order valence-electron chi connectivity index (χ2n) is 2.34. The molecule has 1 heteroatoms. The molecule has 10 heavy (non-hydrogen) atoms. The summed E-state index contributed by atoms with van der Waals surface area (Å²) < 4.78 is 0. The molecule has 1 heterocycles. The molecule has 1 aliphatic rings. The lowest BCUT2D eigenvalue weighted by Crippen LogP contribution is -1.72. The van der Waals surface area contributed by atoms with Crippen molar-refractivity contribution in [2.45, 2.75) is 6.42 Å². The molecule has 0 aromatic carbocycles. The first-order chi connectivity index (χ1) is 4.97. The molecular formula is C9H8P. The van der Waals surface area contributed by atoms with E-state index in [1.165, 1.54) is 11.1 Å². The van der Waals surface area contributed by atoms with Crippen molar-refractivity contribution < 1.29 is 0 Å². The molecule has 0 fully saturated rings. The van der Waals surface area contributed by atoms with Crippen LogP contribution in [0.2, 0.25) is 0 Å². The van der Waals surface area contributed by atoms with Crippen molar-refractivity contribution in [3.05, 3.63) is 41.5 Å². The zero-order valence-electron chi connectivity index (χ0n) is 5.59. The second kappa shape index (κ2) is 2.48. The molecule has 0 nitrogen and oxygen atoms in total. The largest absolute Gasteiger partial charge is 0.131 e. The molecule has 0 spiro atoms. The molecule has 0 N–H and O–H groups in total. The SMILES string of the molecule is [c]1[pH]ccc1C1=CC=CC1. The van der Waals surface area contributed by atoms with Gasteiger partial charge in [-0.3, -0.25) is 0 Å². The highest BCUT2D eigenvalue weighted by molar-refractivity contribution is 7.28. The molecule has 2 rings (SSSR count). The molecule has 0 amide bonds. The Morgan fingerprint density at radius 3 is 3.10 bits per heavy atom. The smallest absolute Gasteiger partial charge is 0.0100 e. The highest BCUT2D eigenvalue weighted by atomic mass is 31.0. The Bertz CT molecular complexity index is 265. The first kappa shape index (κ1) is 6.00. The zero-order chi connectivity index (χ0) is 6.81. The van der Waals surface area contributed by atoms with Crippen LogP contribution in [0.4, 0.5) is 0 Å². The number of allylic oxidation sites excluding steroid dienone is 4. The normalized spacial score (nSPS) is 16.6. The zero-order valence-corrected chi connectivity index (χ0v) is 6.59. The topological polar surface area (TPSA) is 0 Å². The van der Waals surface area contributed by atoms with Gasteiger partial charge in [-0.25, -0.2) is 0 Å². The van der Waals surface area contributed by atoms with Gasteiger partial charge in [0, 0.05) is 5.80 Å². The van der Waals surface area contributed by atoms with Crippen LogP contribution in [0, 0.1) is 5.80 Å². The lowest BCUT2D eigenvalue weighted by atomic mass is 10.1. The number of hydrogen-bond acceptors (Lipinski definition) is 0. The highest BCUT2D eigenvalue weighted by Gasteiger charge is 2.01. The fourth-order valence-electron chi connectivity index (χ4n) is 1.12. The minimum atomic E-state index is 0.779. The number of hydrogen-bond donors (Lipinski definition) is 0. The summed E-state index contributed by atoms with van der Waals surface area (Å²) in [6, 6.07) is 2.16. The van der Waals surface area contributed by atoms with Gasteiger partial charge in [-0.15, -0.1) is 8.19 Å². The summed E-state index contributed by atoms with van der Waals surface area (Å²) in [5.41, 5.74) is 2.73. The van der Waals surface area contributed by atoms with Crippen molar-refractivity contribution in [3.8, 4) is 0 Å². The van der Waals surface area contributed by atoms with Gasteiger partial charge in [0.05, 0.1) is 0 Å². The van der Waals surface area contributed by atoms with E-state index in [1.807, 2.05) is 0 Å². The van der Waals surface area contributed by atoms with E-state index >= 15 is 0 Å². The van der Waals surface area contributed by atoms with Crippen LogP contribution in [0.5, 0.6) is 0 Å². The summed E-state index contributed by atoms with van der Waals surface area (Å²) in [5, 5.41) is 0. The Kier molecular flexibility index (Phi) is 1.49. The fraction of sp³-hybridized carbons (Fsp3) is 0.111. The first-order valence-corrected chi connectivity index (χ1v) is 4.46. The molecule has 1 radical (unpaired) electrons. The van der Waals surface area contributed by atoms with E-state index in [-0.39, 0.29) is 0 Å². The minimum Gasteiger partial charge on any atom is -0.131 e. The summed E-state index contributed by atoms with van der Waals surface area (Å²) in [7, 11) is 0.779. The molecular weight excluding hydrogens is 139 g/mol. The van der Waals surface area contributed by atoms with Crippen LogP contribution in [-0.4, -0.2) is 0 Å². The fourth-order valence-corrected chi connectivity index (χ4v) is 1.85. The third-order valence-electron chi connectivity index (χ3n) is 1.66. The van der Waals surface area contributed by atoms with E-state index in [0.29, 0.717) is 0 Å². The molecule has 0 aliphatic heterocycles. The summed E-state index contributed by atoms with van der Waals surface area (Å²) in [6.45, 7) is 0. The van der Waals surface area contributed by atoms with E-state index in [2.05, 4.69) is 35.9 Å². The number of rotatable bonds is 1. The maximum atomic E-state index is 3.32. The average Bonchev–Trinajstić information content (AvgIpc) is 2.59. The van der Waals surface area contributed by atoms with Crippen molar-refractivity contribution in [1.82, 2.24) is 0 Å². The molecule has 0 bridgehead atoms. The molecule has 0 saturated carbocycles. The van der Waals surface area contributed by atoms with Crippen molar-refractivity contribution in [2.75, 3.05) is 0 Å². The quantitative estimate of drug-likeness (QED) is 0.573. The molecule has 1 unspecified atom stereocenters. The Balaban J connectivity index is 2.30. The maximum Gasteiger partial charge on any atom is 0.0100 e. The van der Waals surface area contributed by atoms with Crippen LogP contribution in [-0.2, 0) is 0 Å². The van der Waals surface area contributed by atoms with Crippen LogP contribution >= 0.6 is 8.19 Å². The van der Waals surface area contributed by atoms with Crippen molar-refractivity contribution >= 4 is 13.8 Å². The molecule has 0 saturated heterocycles. The van der Waals surface area contributed by atoms with E-state index in [4.69, 9.17) is 0 Å². The Hall–Kier alpha value is -0.740. The third-order valence-corrected chi connectivity index (χ3v) is 2.40. The van der Waals surface area contributed by atoms with Gasteiger partial charge in [-0.05, 0) is 29.4 Å². The highest BCUT2D eigenvalue weighted by Crippen LogP contribution is 2.25. The van der Waals surface area contributed by atoms with E-state index in [9.17, 15) is 0 Å². The summed E-state index contributed by atoms with van der Waals surface area (Å²) in [5.74, 6) is 5.50. The van der Waals surface area contributed by atoms with E-state index < -0.39 is 0 Å². The van der Waals surface area contributed by atoms with Gasteiger partial charge in [0.2, 0.25) is 0 Å². The summed E-state index contributed by atoms with van der Waals surface area (Å²) in [4.78, 5) is 0. The van der Waals surface area contributed by atoms with Crippen LogP contribution < -0.4 is 0 Å². The molecule has 1 aromatic heterocycles. The van der Waals surface area contributed by atoms with Gasteiger partial charge in [-0.2, -0.15) is 0 Å². The first-order valence-electron chi connectivity index (χ1n) is 3.38. The van der Waals surface area contributed by atoms with Crippen molar-refractivity contribution in [2.24, 2.45) is 0 Å². The molecule has 49 valence electrons. The molecule has 1 atom stereocenters. The Labute approximate surface area is 62.4 Å². The minimum absolute atomic E-state index is 0.779. The van der Waals surface area contributed by atoms with Gasteiger partial charge < -0.3 is 0 Å². The Morgan fingerprint density at radius 2 is 2.50 bits per heavy atom. The van der Waals surface area contributed by atoms with Gasteiger partial charge in [0.25, 0.3) is 0 Å². The van der Waals surface area contributed by atoms with Gasteiger partial charge >= 0.3 is 0 Å². The van der Waals surface area contributed by atoms with Gasteiger partial charge in [0.1, 0.15) is 0 Å². The lowest BCUT2D eigenvalue weighted by Gasteiger charge is -1.93. The predicted molar refractivity (Wildman–Crippen MR) is 46.5 cm³/mol. The predicted octanol–water partition coefficient (Wildman–Crippen LogP) is 2.86.